The van der Waals surface area contributed by atoms with E-state index in [4.69, 9.17) is 10.8 Å². The third-order valence-electron chi connectivity index (χ3n) is 2.10. The lowest BCUT2D eigenvalue weighted by molar-refractivity contribution is 0.265. The van der Waals surface area contributed by atoms with Crippen LogP contribution in [0.15, 0.2) is 18.2 Å². The highest BCUT2D eigenvalue weighted by molar-refractivity contribution is 5.38. The van der Waals surface area contributed by atoms with Crippen molar-refractivity contribution in [2.75, 3.05) is 6.61 Å². The first-order chi connectivity index (χ1) is 6.19. The van der Waals surface area contributed by atoms with Gasteiger partial charge in [0.05, 0.1) is 12.6 Å². The fraction of sp³-hybridized carbons (Fsp3) is 0.400. The fourth-order valence-corrected chi connectivity index (χ4v) is 1.22. The van der Waals surface area contributed by atoms with Gasteiger partial charge in [-0.15, -0.1) is 0 Å². The summed E-state index contributed by atoms with van der Waals surface area (Å²) in [6, 6.07) is 4.80. The number of aromatic hydroxyl groups is 1. The molecule has 0 aliphatic rings. The molecular weight excluding hydrogens is 166 g/mol. The lowest BCUT2D eigenvalue weighted by atomic mass is 10.0. The molecule has 1 rings (SSSR count). The summed E-state index contributed by atoms with van der Waals surface area (Å²) >= 11 is 0. The maximum atomic E-state index is 9.44. The fourth-order valence-electron chi connectivity index (χ4n) is 1.22. The zero-order valence-electron chi connectivity index (χ0n) is 7.70. The zero-order valence-corrected chi connectivity index (χ0v) is 7.70. The second-order valence-corrected chi connectivity index (χ2v) is 3.04. The van der Waals surface area contributed by atoms with E-state index in [1.807, 2.05) is 19.1 Å². The summed E-state index contributed by atoms with van der Waals surface area (Å²) in [5, 5.41) is 18.3. The number of aliphatic hydroxyl groups excluding tert-OH is 1. The van der Waals surface area contributed by atoms with Gasteiger partial charge in [0.1, 0.15) is 5.75 Å². The minimum atomic E-state index is -0.494. The maximum Gasteiger partial charge on any atom is 0.120 e. The maximum absolute atomic E-state index is 9.44. The highest BCUT2D eigenvalue weighted by Gasteiger charge is 2.09. The Morgan fingerprint density at radius 1 is 1.46 bits per heavy atom. The van der Waals surface area contributed by atoms with Crippen molar-refractivity contribution in [1.82, 2.24) is 0 Å². The molecule has 3 nitrogen and oxygen atoms in total. The summed E-state index contributed by atoms with van der Waals surface area (Å²) in [6.45, 7) is 1.88. The standard InChI is InChI=1S/C10H15NO2/c1-2-7-3-4-10(13)8(5-7)9(11)6-12/h3-5,9,12-13H,2,6,11H2,1H3/t9-/m0/s1. The molecule has 0 radical (unpaired) electrons. The topological polar surface area (TPSA) is 66.5 Å². The van der Waals surface area contributed by atoms with Crippen LogP contribution in [0.25, 0.3) is 0 Å². The largest absolute Gasteiger partial charge is 0.508 e. The van der Waals surface area contributed by atoms with Crippen molar-refractivity contribution >= 4 is 0 Å². The van der Waals surface area contributed by atoms with Gasteiger partial charge in [0.2, 0.25) is 0 Å². The number of hydrogen-bond acceptors (Lipinski definition) is 3. The van der Waals surface area contributed by atoms with Gasteiger partial charge in [-0.3, -0.25) is 0 Å². The predicted molar refractivity (Wildman–Crippen MR) is 51.5 cm³/mol. The molecule has 0 amide bonds. The van der Waals surface area contributed by atoms with Crippen LogP contribution in [0.4, 0.5) is 0 Å². The summed E-state index contributed by atoms with van der Waals surface area (Å²) in [5.41, 5.74) is 7.33. The van der Waals surface area contributed by atoms with Gasteiger partial charge in [0.15, 0.2) is 0 Å². The van der Waals surface area contributed by atoms with Crippen LogP contribution in [-0.2, 0) is 6.42 Å². The van der Waals surface area contributed by atoms with Gasteiger partial charge in [-0.1, -0.05) is 19.1 Å². The first-order valence-corrected chi connectivity index (χ1v) is 4.37. The van der Waals surface area contributed by atoms with Crippen LogP contribution >= 0.6 is 0 Å². The highest BCUT2D eigenvalue weighted by atomic mass is 16.3. The molecule has 0 spiro atoms. The SMILES string of the molecule is CCc1ccc(O)c([C@@H](N)CO)c1. The number of aliphatic hydroxyl groups is 1. The van der Waals surface area contributed by atoms with E-state index in [9.17, 15) is 5.11 Å². The van der Waals surface area contributed by atoms with Crippen LogP contribution in [0, 0.1) is 0 Å². The van der Waals surface area contributed by atoms with Gasteiger partial charge >= 0.3 is 0 Å². The minimum Gasteiger partial charge on any atom is -0.508 e. The van der Waals surface area contributed by atoms with Crippen molar-refractivity contribution in [2.45, 2.75) is 19.4 Å². The molecule has 0 saturated heterocycles. The van der Waals surface area contributed by atoms with Gasteiger partial charge < -0.3 is 15.9 Å². The Hall–Kier alpha value is -1.06. The van der Waals surface area contributed by atoms with Gasteiger partial charge in [-0.05, 0) is 18.1 Å². The smallest absolute Gasteiger partial charge is 0.120 e. The van der Waals surface area contributed by atoms with Crippen molar-refractivity contribution in [3.05, 3.63) is 29.3 Å². The average Bonchev–Trinajstić information content (AvgIpc) is 2.17. The molecule has 72 valence electrons. The Morgan fingerprint density at radius 3 is 2.69 bits per heavy atom. The van der Waals surface area contributed by atoms with Crippen LogP contribution in [0.5, 0.6) is 5.75 Å². The van der Waals surface area contributed by atoms with Gasteiger partial charge in [-0.2, -0.15) is 0 Å². The monoisotopic (exact) mass is 181 g/mol. The number of phenols is 1. The number of phenolic OH excluding ortho intramolecular Hbond substituents is 1. The van der Waals surface area contributed by atoms with Crippen molar-refractivity contribution in [3.63, 3.8) is 0 Å². The van der Waals surface area contributed by atoms with Crippen LogP contribution < -0.4 is 5.73 Å². The zero-order chi connectivity index (χ0) is 9.84. The molecule has 0 aliphatic heterocycles. The van der Waals surface area contributed by atoms with E-state index in [-0.39, 0.29) is 12.4 Å². The third kappa shape index (κ3) is 2.20. The van der Waals surface area contributed by atoms with E-state index in [2.05, 4.69) is 0 Å². The molecule has 4 N–H and O–H groups in total. The molecule has 0 aromatic heterocycles. The number of nitrogens with two attached hydrogens (primary N) is 1. The summed E-state index contributed by atoms with van der Waals surface area (Å²) in [6.07, 6.45) is 0.894. The molecular formula is C10H15NO2. The quantitative estimate of drug-likeness (QED) is 0.650. The van der Waals surface area contributed by atoms with E-state index in [0.29, 0.717) is 5.56 Å². The van der Waals surface area contributed by atoms with Crippen molar-refractivity contribution in [3.8, 4) is 5.75 Å². The average molecular weight is 181 g/mol. The molecule has 0 bridgehead atoms. The molecule has 1 atom stereocenters. The molecule has 1 aromatic rings. The van der Waals surface area contributed by atoms with Crippen LogP contribution in [0.3, 0.4) is 0 Å². The molecule has 13 heavy (non-hydrogen) atoms. The minimum absolute atomic E-state index is 0.152. The van der Waals surface area contributed by atoms with Gasteiger partial charge in [0.25, 0.3) is 0 Å². The van der Waals surface area contributed by atoms with Crippen LogP contribution in [0.2, 0.25) is 0 Å². The normalized spacial score (nSPS) is 12.8. The Labute approximate surface area is 77.8 Å². The van der Waals surface area contributed by atoms with Crippen molar-refractivity contribution in [2.24, 2.45) is 5.73 Å². The molecule has 0 unspecified atom stereocenters. The number of benzene rings is 1. The Bertz CT molecular complexity index is 286. The van der Waals surface area contributed by atoms with Gasteiger partial charge in [0, 0.05) is 5.56 Å². The van der Waals surface area contributed by atoms with E-state index < -0.39 is 6.04 Å². The van der Waals surface area contributed by atoms with Crippen molar-refractivity contribution in [1.29, 1.82) is 0 Å². The molecule has 0 fully saturated rings. The number of aryl methyl sites for hydroxylation is 1. The van der Waals surface area contributed by atoms with E-state index in [1.165, 1.54) is 0 Å². The molecule has 0 heterocycles. The summed E-state index contributed by atoms with van der Waals surface area (Å²) in [5.74, 6) is 0.152. The van der Waals surface area contributed by atoms with Gasteiger partial charge in [-0.25, -0.2) is 0 Å². The molecule has 1 aromatic carbocycles. The summed E-state index contributed by atoms with van der Waals surface area (Å²) < 4.78 is 0. The predicted octanol–water partition coefficient (Wildman–Crippen LogP) is 0.947. The first-order valence-electron chi connectivity index (χ1n) is 4.37. The Balaban J connectivity index is 3.03. The molecule has 0 saturated carbocycles. The third-order valence-corrected chi connectivity index (χ3v) is 2.10. The number of rotatable bonds is 3. The van der Waals surface area contributed by atoms with Crippen LogP contribution in [0.1, 0.15) is 24.1 Å². The lowest BCUT2D eigenvalue weighted by Gasteiger charge is -2.11. The lowest BCUT2D eigenvalue weighted by Crippen LogP contribution is -2.14. The molecule has 3 heteroatoms. The first kappa shape index (κ1) is 10.0. The number of hydrogen-bond donors (Lipinski definition) is 3. The van der Waals surface area contributed by atoms with E-state index in [0.717, 1.165) is 12.0 Å². The highest BCUT2D eigenvalue weighted by Crippen LogP contribution is 2.23. The summed E-state index contributed by atoms with van der Waals surface area (Å²) in [4.78, 5) is 0. The summed E-state index contributed by atoms with van der Waals surface area (Å²) in [7, 11) is 0. The van der Waals surface area contributed by atoms with Crippen LogP contribution in [-0.4, -0.2) is 16.8 Å². The second-order valence-electron chi connectivity index (χ2n) is 3.04. The van der Waals surface area contributed by atoms with E-state index >= 15 is 0 Å². The Kier molecular flexibility index (Phi) is 3.28. The van der Waals surface area contributed by atoms with E-state index in [1.54, 1.807) is 6.07 Å². The Morgan fingerprint density at radius 2 is 2.15 bits per heavy atom. The molecule has 0 aliphatic carbocycles. The second kappa shape index (κ2) is 4.25. The van der Waals surface area contributed by atoms with Crippen molar-refractivity contribution < 1.29 is 10.2 Å².